The molecule has 1 N–H and O–H groups in total. The largest absolute Gasteiger partial charge is 0.371 e. The minimum absolute atomic E-state index is 0.202. The van der Waals surface area contributed by atoms with E-state index in [2.05, 4.69) is 48.3 Å². The molecule has 0 bridgehead atoms. The number of nitrogens with one attached hydrogen (secondary N) is 1. The van der Waals surface area contributed by atoms with E-state index in [0.717, 1.165) is 25.9 Å². The molecule has 2 rings (SSSR count). The first kappa shape index (κ1) is 15.9. The van der Waals surface area contributed by atoms with Crippen molar-refractivity contribution >= 4 is 11.6 Å². The van der Waals surface area contributed by atoms with Gasteiger partial charge in [-0.05, 0) is 44.4 Å². The van der Waals surface area contributed by atoms with Gasteiger partial charge in [0.1, 0.15) is 0 Å². The number of benzene rings is 1. The van der Waals surface area contributed by atoms with Crippen molar-refractivity contribution in [2.24, 2.45) is 0 Å². The van der Waals surface area contributed by atoms with E-state index in [1.54, 1.807) is 0 Å². The molecule has 3 heteroatoms. The van der Waals surface area contributed by atoms with Gasteiger partial charge in [0.05, 0.1) is 0 Å². The number of rotatable bonds is 6. The maximum Gasteiger partial charge on any atom is 0.221 e. The molecule has 0 saturated heterocycles. The molecule has 21 heavy (non-hydrogen) atoms. The minimum Gasteiger partial charge on any atom is -0.371 e. The number of anilines is 1. The lowest BCUT2D eigenvalue weighted by atomic mass is 9.95. The van der Waals surface area contributed by atoms with E-state index < -0.39 is 0 Å². The molecule has 1 aromatic carbocycles. The van der Waals surface area contributed by atoms with Crippen LogP contribution in [0.2, 0.25) is 0 Å². The molecule has 0 unspecified atom stereocenters. The Kier molecular flexibility index (Phi) is 6.09. The van der Waals surface area contributed by atoms with Crippen LogP contribution in [0, 0.1) is 6.92 Å². The van der Waals surface area contributed by atoms with Gasteiger partial charge >= 0.3 is 0 Å². The summed E-state index contributed by atoms with van der Waals surface area (Å²) in [7, 11) is 0. The lowest BCUT2D eigenvalue weighted by Crippen LogP contribution is -2.38. The van der Waals surface area contributed by atoms with Gasteiger partial charge in [-0.15, -0.1) is 0 Å². The zero-order valence-corrected chi connectivity index (χ0v) is 13.4. The summed E-state index contributed by atoms with van der Waals surface area (Å²) in [5.41, 5.74) is 2.47. The molecular weight excluding hydrogens is 260 g/mol. The van der Waals surface area contributed by atoms with Gasteiger partial charge in [-0.2, -0.15) is 0 Å². The number of amides is 1. The highest BCUT2D eigenvalue weighted by Gasteiger charge is 2.16. The molecular formula is C18H28N2O. The van der Waals surface area contributed by atoms with Crippen molar-refractivity contribution in [2.75, 3.05) is 18.0 Å². The Labute approximate surface area is 128 Å². The Morgan fingerprint density at radius 1 is 1.29 bits per heavy atom. The molecule has 1 aliphatic carbocycles. The third-order valence-corrected chi connectivity index (χ3v) is 4.33. The Morgan fingerprint density at radius 2 is 2.05 bits per heavy atom. The third-order valence-electron chi connectivity index (χ3n) is 4.33. The highest BCUT2D eigenvalue weighted by Crippen LogP contribution is 2.18. The van der Waals surface area contributed by atoms with Crippen LogP contribution in [0.4, 0.5) is 5.69 Å². The fraction of sp³-hybridized carbons (Fsp3) is 0.611. The second-order valence-electron chi connectivity index (χ2n) is 6.07. The predicted octanol–water partition coefficient (Wildman–Crippen LogP) is 3.66. The summed E-state index contributed by atoms with van der Waals surface area (Å²) >= 11 is 0. The highest BCUT2D eigenvalue weighted by atomic mass is 16.1. The molecule has 0 aromatic heterocycles. The lowest BCUT2D eigenvalue weighted by Gasteiger charge is -2.25. The summed E-state index contributed by atoms with van der Waals surface area (Å²) in [6.45, 7) is 5.97. The average molecular weight is 288 g/mol. The van der Waals surface area contributed by atoms with E-state index in [0.29, 0.717) is 12.5 Å². The van der Waals surface area contributed by atoms with E-state index in [1.165, 1.54) is 30.5 Å². The summed E-state index contributed by atoms with van der Waals surface area (Å²) in [6, 6.07) is 8.90. The topological polar surface area (TPSA) is 32.3 Å². The van der Waals surface area contributed by atoms with Crippen molar-refractivity contribution < 1.29 is 4.79 Å². The van der Waals surface area contributed by atoms with Crippen molar-refractivity contribution in [3.8, 4) is 0 Å². The Balaban J connectivity index is 1.80. The smallest absolute Gasteiger partial charge is 0.221 e. The molecule has 1 saturated carbocycles. The van der Waals surface area contributed by atoms with Crippen LogP contribution >= 0.6 is 0 Å². The van der Waals surface area contributed by atoms with Gasteiger partial charge < -0.3 is 10.2 Å². The first-order valence-electron chi connectivity index (χ1n) is 8.30. The van der Waals surface area contributed by atoms with Crippen molar-refractivity contribution in [3.63, 3.8) is 0 Å². The first-order valence-corrected chi connectivity index (χ1v) is 8.30. The SMILES string of the molecule is CCN(CCC(=O)NC1CCCCC1)c1cccc(C)c1. The van der Waals surface area contributed by atoms with Gasteiger partial charge in [-0.25, -0.2) is 0 Å². The van der Waals surface area contributed by atoms with Crippen LogP contribution in [-0.4, -0.2) is 25.0 Å². The summed E-state index contributed by atoms with van der Waals surface area (Å²) < 4.78 is 0. The Bertz CT molecular complexity index is 452. The van der Waals surface area contributed by atoms with E-state index in [-0.39, 0.29) is 5.91 Å². The standard InChI is InChI=1S/C18H28N2O/c1-3-20(17-11-7-8-15(2)14-17)13-12-18(21)19-16-9-5-4-6-10-16/h7-8,11,14,16H,3-6,9-10,12-13H2,1-2H3,(H,19,21). The van der Waals surface area contributed by atoms with Crippen LogP contribution in [0.5, 0.6) is 0 Å². The fourth-order valence-electron chi connectivity index (χ4n) is 3.08. The monoisotopic (exact) mass is 288 g/mol. The Morgan fingerprint density at radius 3 is 2.71 bits per heavy atom. The zero-order valence-electron chi connectivity index (χ0n) is 13.4. The molecule has 0 aliphatic heterocycles. The van der Waals surface area contributed by atoms with Crippen molar-refractivity contribution in [2.45, 2.75) is 58.4 Å². The van der Waals surface area contributed by atoms with Crippen LogP contribution in [0.3, 0.4) is 0 Å². The first-order chi connectivity index (χ1) is 10.2. The van der Waals surface area contributed by atoms with Crippen molar-refractivity contribution in [1.82, 2.24) is 5.32 Å². The maximum absolute atomic E-state index is 12.1. The number of carbonyl (C=O) groups is 1. The molecule has 1 amide bonds. The van der Waals surface area contributed by atoms with Gasteiger partial charge in [0.15, 0.2) is 0 Å². The average Bonchev–Trinajstić information content (AvgIpc) is 2.49. The number of hydrogen-bond donors (Lipinski definition) is 1. The summed E-state index contributed by atoms with van der Waals surface area (Å²) in [5, 5.41) is 3.20. The number of nitrogens with zero attached hydrogens (tertiary/aromatic N) is 1. The van der Waals surface area contributed by atoms with Crippen LogP contribution in [0.25, 0.3) is 0 Å². The number of aryl methyl sites for hydroxylation is 1. The molecule has 0 radical (unpaired) electrons. The van der Waals surface area contributed by atoms with Gasteiger partial charge in [0.25, 0.3) is 0 Å². The van der Waals surface area contributed by atoms with Gasteiger partial charge in [-0.1, -0.05) is 31.4 Å². The predicted molar refractivity (Wildman–Crippen MR) is 88.7 cm³/mol. The van der Waals surface area contributed by atoms with E-state index in [9.17, 15) is 4.79 Å². The van der Waals surface area contributed by atoms with Crippen LogP contribution < -0.4 is 10.2 Å². The second-order valence-corrected chi connectivity index (χ2v) is 6.07. The van der Waals surface area contributed by atoms with Crippen LogP contribution in [0.15, 0.2) is 24.3 Å². The zero-order chi connectivity index (χ0) is 15.1. The van der Waals surface area contributed by atoms with Gasteiger partial charge in [0, 0.05) is 31.2 Å². The normalized spacial score (nSPS) is 15.7. The van der Waals surface area contributed by atoms with Crippen molar-refractivity contribution in [1.29, 1.82) is 0 Å². The quantitative estimate of drug-likeness (QED) is 0.866. The highest BCUT2D eigenvalue weighted by molar-refractivity contribution is 5.76. The molecule has 116 valence electrons. The van der Waals surface area contributed by atoms with E-state index in [1.807, 2.05) is 0 Å². The van der Waals surface area contributed by atoms with Crippen LogP contribution in [0.1, 0.15) is 51.0 Å². The molecule has 0 heterocycles. The van der Waals surface area contributed by atoms with Crippen LogP contribution in [-0.2, 0) is 4.79 Å². The molecule has 0 spiro atoms. The molecule has 1 aliphatic rings. The summed E-state index contributed by atoms with van der Waals surface area (Å²) in [5.74, 6) is 0.202. The second kappa shape index (κ2) is 8.06. The van der Waals surface area contributed by atoms with Gasteiger partial charge in [0.2, 0.25) is 5.91 Å². The Hall–Kier alpha value is -1.51. The van der Waals surface area contributed by atoms with E-state index >= 15 is 0 Å². The maximum atomic E-state index is 12.1. The molecule has 1 fully saturated rings. The van der Waals surface area contributed by atoms with E-state index in [4.69, 9.17) is 0 Å². The summed E-state index contributed by atoms with van der Waals surface area (Å²) in [6.07, 6.45) is 6.73. The van der Waals surface area contributed by atoms with Crippen molar-refractivity contribution in [3.05, 3.63) is 29.8 Å². The molecule has 1 aromatic rings. The fourth-order valence-corrected chi connectivity index (χ4v) is 3.08. The minimum atomic E-state index is 0.202. The molecule has 3 nitrogen and oxygen atoms in total. The third kappa shape index (κ3) is 5.07. The number of hydrogen-bond acceptors (Lipinski definition) is 2. The molecule has 0 atom stereocenters. The summed E-state index contributed by atoms with van der Waals surface area (Å²) in [4.78, 5) is 14.4. The van der Waals surface area contributed by atoms with Gasteiger partial charge in [-0.3, -0.25) is 4.79 Å². The number of carbonyl (C=O) groups excluding carboxylic acids is 1. The lowest BCUT2D eigenvalue weighted by molar-refractivity contribution is -0.121.